The van der Waals surface area contributed by atoms with Gasteiger partial charge in [0.15, 0.2) is 0 Å². The molecular weight excluding hydrogens is 316 g/mol. The highest BCUT2D eigenvalue weighted by Gasteiger charge is 2.16. The summed E-state index contributed by atoms with van der Waals surface area (Å²) in [5, 5.41) is 5.48. The first kappa shape index (κ1) is 18.5. The smallest absolute Gasteiger partial charge is 0.407 e. The van der Waals surface area contributed by atoms with Crippen molar-refractivity contribution in [3.8, 4) is 11.1 Å². The molecule has 0 heterocycles. The summed E-state index contributed by atoms with van der Waals surface area (Å²) in [6.45, 7) is 5.59. The first-order chi connectivity index (χ1) is 11.8. The quantitative estimate of drug-likeness (QED) is 0.857. The third-order valence-electron chi connectivity index (χ3n) is 3.31. The van der Waals surface area contributed by atoms with E-state index >= 15 is 0 Å². The van der Waals surface area contributed by atoms with Crippen LogP contribution in [0.15, 0.2) is 54.6 Å². The second-order valence-corrected chi connectivity index (χ2v) is 6.64. The van der Waals surface area contributed by atoms with Crippen LogP contribution in [0.4, 0.5) is 10.5 Å². The fraction of sp³-hybridized carbons (Fsp3) is 0.300. The maximum atomic E-state index is 12.2. The zero-order valence-electron chi connectivity index (χ0n) is 14.8. The molecule has 0 fully saturated rings. The van der Waals surface area contributed by atoms with Gasteiger partial charge >= 0.3 is 6.09 Å². The fourth-order valence-corrected chi connectivity index (χ4v) is 2.27. The highest BCUT2D eigenvalue weighted by atomic mass is 16.6. The summed E-state index contributed by atoms with van der Waals surface area (Å²) < 4.78 is 5.13. The predicted molar refractivity (Wildman–Crippen MR) is 99.4 cm³/mol. The van der Waals surface area contributed by atoms with Crippen molar-refractivity contribution in [1.29, 1.82) is 0 Å². The summed E-state index contributed by atoms with van der Waals surface area (Å²) in [4.78, 5) is 23.7. The molecule has 2 aromatic carbocycles. The molecule has 25 heavy (non-hydrogen) atoms. The van der Waals surface area contributed by atoms with Gasteiger partial charge in [-0.2, -0.15) is 0 Å². The van der Waals surface area contributed by atoms with Gasteiger partial charge in [-0.05, 0) is 32.4 Å². The first-order valence-electron chi connectivity index (χ1n) is 8.26. The van der Waals surface area contributed by atoms with Crippen LogP contribution >= 0.6 is 0 Å². The van der Waals surface area contributed by atoms with Crippen LogP contribution in [0, 0.1) is 0 Å². The number of hydrogen-bond donors (Lipinski definition) is 2. The van der Waals surface area contributed by atoms with Gasteiger partial charge in [-0.25, -0.2) is 4.79 Å². The maximum absolute atomic E-state index is 12.2. The van der Waals surface area contributed by atoms with Crippen molar-refractivity contribution < 1.29 is 14.3 Å². The lowest BCUT2D eigenvalue weighted by Crippen LogP contribution is -2.34. The molecule has 0 aliphatic heterocycles. The van der Waals surface area contributed by atoms with E-state index in [2.05, 4.69) is 10.6 Å². The van der Waals surface area contributed by atoms with Crippen molar-refractivity contribution in [1.82, 2.24) is 5.32 Å². The minimum Gasteiger partial charge on any atom is -0.444 e. The monoisotopic (exact) mass is 340 g/mol. The Morgan fingerprint density at radius 2 is 1.60 bits per heavy atom. The molecule has 2 N–H and O–H groups in total. The van der Waals surface area contributed by atoms with Gasteiger partial charge in [-0.3, -0.25) is 4.79 Å². The molecule has 0 bridgehead atoms. The van der Waals surface area contributed by atoms with E-state index in [0.717, 1.165) is 16.8 Å². The molecule has 5 heteroatoms. The lowest BCUT2D eigenvalue weighted by Gasteiger charge is -2.19. The van der Waals surface area contributed by atoms with Crippen LogP contribution in [-0.4, -0.2) is 24.1 Å². The molecule has 2 aromatic rings. The van der Waals surface area contributed by atoms with Crippen LogP contribution in [0.5, 0.6) is 0 Å². The Morgan fingerprint density at radius 3 is 2.28 bits per heavy atom. The standard InChI is InChI=1S/C20H24N2O3/c1-20(2,3)25-19(24)21-14-13-18(23)22-17-12-8-7-11-16(17)15-9-5-4-6-10-15/h4-12H,13-14H2,1-3H3,(H,21,24)(H,22,23). The minimum absolute atomic E-state index is 0.167. The Kier molecular flexibility index (Phi) is 6.17. The number of hydrogen-bond acceptors (Lipinski definition) is 3. The van der Waals surface area contributed by atoms with Gasteiger partial charge in [0.2, 0.25) is 5.91 Å². The lowest BCUT2D eigenvalue weighted by atomic mass is 10.0. The Morgan fingerprint density at radius 1 is 0.960 bits per heavy atom. The minimum atomic E-state index is -0.555. The number of ether oxygens (including phenoxy) is 1. The third kappa shape index (κ3) is 6.30. The van der Waals surface area contributed by atoms with Crippen molar-refractivity contribution >= 4 is 17.7 Å². The van der Waals surface area contributed by atoms with Gasteiger partial charge in [0.1, 0.15) is 5.60 Å². The Labute approximate surface area is 148 Å². The van der Waals surface area contributed by atoms with Crippen molar-refractivity contribution in [3.05, 3.63) is 54.6 Å². The Balaban J connectivity index is 1.90. The Hall–Kier alpha value is -2.82. The van der Waals surface area contributed by atoms with Gasteiger partial charge in [-0.1, -0.05) is 48.5 Å². The number of nitrogens with one attached hydrogen (secondary N) is 2. The van der Waals surface area contributed by atoms with Crippen LogP contribution < -0.4 is 10.6 Å². The summed E-state index contributed by atoms with van der Waals surface area (Å²) in [6, 6.07) is 17.5. The number of rotatable bonds is 5. The predicted octanol–water partition coefficient (Wildman–Crippen LogP) is 4.21. The normalized spacial score (nSPS) is 10.8. The summed E-state index contributed by atoms with van der Waals surface area (Å²) in [7, 11) is 0. The summed E-state index contributed by atoms with van der Waals surface area (Å²) >= 11 is 0. The molecule has 0 spiro atoms. The number of carbonyl (C=O) groups excluding carboxylic acids is 2. The topological polar surface area (TPSA) is 67.4 Å². The van der Waals surface area contributed by atoms with E-state index in [-0.39, 0.29) is 18.9 Å². The van der Waals surface area contributed by atoms with Crippen LogP contribution in [-0.2, 0) is 9.53 Å². The first-order valence-corrected chi connectivity index (χ1v) is 8.26. The molecule has 0 saturated carbocycles. The zero-order chi connectivity index (χ0) is 18.3. The summed E-state index contributed by atoms with van der Waals surface area (Å²) in [5.74, 6) is -0.167. The van der Waals surface area contributed by atoms with Crippen LogP contribution in [0.2, 0.25) is 0 Å². The molecule has 0 unspecified atom stereocenters. The van der Waals surface area contributed by atoms with Gasteiger partial charge in [0.05, 0.1) is 0 Å². The molecule has 2 rings (SSSR count). The molecule has 0 aromatic heterocycles. The van der Waals surface area contributed by atoms with Crippen molar-refractivity contribution in [3.63, 3.8) is 0 Å². The molecule has 0 aliphatic carbocycles. The average Bonchev–Trinajstić information content (AvgIpc) is 2.54. The maximum Gasteiger partial charge on any atom is 0.407 e. The number of amides is 2. The molecule has 5 nitrogen and oxygen atoms in total. The fourth-order valence-electron chi connectivity index (χ4n) is 2.27. The summed E-state index contributed by atoms with van der Waals surface area (Å²) in [5.41, 5.74) is 2.18. The van der Waals surface area contributed by atoms with Crippen LogP contribution in [0.3, 0.4) is 0 Å². The lowest BCUT2D eigenvalue weighted by molar-refractivity contribution is -0.116. The second-order valence-electron chi connectivity index (χ2n) is 6.64. The molecule has 0 radical (unpaired) electrons. The highest BCUT2D eigenvalue weighted by molar-refractivity contribution is 5.95. The number of carbonyl (C=O) groups is 2. The zero-order valence-corrected chi connectivity index (χ0v) is 14.8. The van der Waals surface area contributed by atoms with Crippen molar-refractivity contribution in [2.24, 2.45) is 0 Å². The number of alkyl carbamates (subject to hydrolysis) is 1. The van der Waals surface area contributed by atoms with Gasteiger partial charge in [-0.15, -0.1) is 0 Å². The van der Waals surface area contributed by atoms with Gasteiger partial charge in [0, 0.05) is 24.2 Å². The molecule has 132 valence electrons. The number of benzene rings is 2. The SMILES string of the molecule is CC(C)(C)OC(=O)NCCC(=O)Nc1ccccc1-c1ccccc1. The molecular formula is C20H24N2O3. The van der Waals surface area contributed by atoms with Gasteiger partial charge < -0.3 is 15.4 Å². The van der Waals surface area contributed by atoms with E-state index in [4.69, 9.17) is 4.74 Å². The highest BCUT2D eigenvalue weighted by Crippen LogP contribution is 2.27. The van der Waals surface area contributed by atoms with E-state index in [1.807, 2.05) is 54.6 Å². The van der Waals surface area contributed by atoms with Crippen LogP contribution in [0.25, 0.3) is 11.1 Å². The largest absolute Gasteiger partial charge is 0.444 e. The number of para-hydroxylation sites is 1. The second kappa shape index (κ2) is 8.33. The van der Waals surface area contributed by atoms with Crippen LogP contribution in [0.1, 0.15) is 27.2 Å². The van der Waals surface area contributed by atoms with E-state index in [1.165, 1.54) is 0 Å². The van der Waals surface area contributed by atoms with E-state index in [9.17, 15) is 9.59 Å². The number of anilines is 1. The van der Waals surface area contributed by atoms with E-state index in [0.29, 0.717) is 0 Å². The molecule has 0 aliphatic rings. The average molecular weight is 340 g/mol. The van der Waals surface area contributed by atoms with Crippen molar-refractivity contribution in [2.45, 2.75) is 32.8 Å². The molecule has 2 amide bonds. The van der Waals surface area contributed by atoms with E-state index in [1.54, 1.807) is 20.8 Å². The van der Waals surface area contributed by atoms with Crippen molar-refractivity contribution in [2.75, 3.05) is 11.9 Å². The molecule has 0 saturated heterocycles. The summed E-state index contributed by atoms with van der Waals surface area (Å²) in [6.07, 6.45) is -0.354. The molecule has 0 atom stereocenters. The van der Waals surface area contributed by atoms with E-state index < -0.39 is 11.7 Å². The third-order valence-corrected chi connectivity index (χ3v) is 3.31. The van der Waals surface area contributed by atoms with Gasteiger partial charge in [0.25, 0.3) is 0 Å². The Bertz CT molecular complexity index is 721.